The van der Waals surface area contributed by atoms with E-state index in [-0.39, 0.29) is 12.3 Å². The number of benzene rings is 1. The minimum absolute atomic E-state index is 0.0156. The van der Waals surface area contributed by atoms with Gasteiger partial charge in [-0.3, -0.25) is 4.79 Å². The number of aliphatic carboxylic acids is 1. The molecule has 0 spiro atoms. The zero-order valence-electron chi connectivity index (χ0n) is 7.63. The first-order valence-corrected chi connectivity index (χ1v) is 5.34. The maximum absolute atomic E-state index is 10.5. The van der Waals surface area contributed by atoms with Crippen LogP contribution in [0.2, 0.25) is 5.02 Å². The highest BCUT2D eigenvalue weighted by atomic mass is 79.9. The molecule has 0 aliphatic carbocycles. The van der Waals surface area contributed by atoms with Crippen LogP contribution in [0.25, 0.3) is 0 Å². The van der Waals surface area contributed by atoms with E-state index in [2.05, 4.69) is 15.9 Å². The summed E-state index contributed by atoms with van der Waals surface area (Å²) in [5.41, 5.74) is 0.945. The van der Waals surface area contributed by atoms with Crippen molar-refractivity contribution in [2.45, 2.75) is 19.3 Å². The molecule has 0 saturated carbocycles. The van der Waals surface area contributed by atoms with Crippen LogP contribution in [0, 0.1) is 0 Å². The molecular weight excluding hydrogens is 267 g/mol. The predicted molar refractivity (Wildman–Crippen MR) is 59.8 cm³/mol. The van der Waals surface area contributed by atoms with Gasteiger partial charge in [-0.05, 0) is 39.5 Å². The van der Waals surface area contributed by atoms with E-state index in [1.807, 2.05) is 19.1 Å². The standard InChI is InChI=1S/C10H10BrClO2/c1-6(4-10(13)14)7-2-3-8(11)9(12)5-7/h2-3,5-6H,4H2,1H3,(H,13,14). The van der Waals surface area contributed by atoms with Crippen LogP contribution in [-0.2, 0) is 4.79 Å². The quantitative estimate of drug-likeness (QED) is 0.915. The third-order valence-corrected chi connectivity index (χ3v) is 3.23. The summed E-state index contributed by atoms with van der Waals surface area (Å²) in [4.78, 5) is 10.5. The second-order valence-corrected chi connectivity index (χ2v) is 4.43. The van der Waals surface area contributed by atoms with E-state index < -0.39 is 5.97 Å². The molecule has 0 heterocycles. The first kappa shape index (κ1) is 11.5. The summed E-state index contributed by atoms with van der Waals surface area (Å²) in [5.74, 6) is -0.811. The lowest BCUT2D eigenvalue weighted by Gasteiger charge is -2.09. The Morgan fingerprint density at radius 3 is 2.79 bits per heavy atom. The lowest BCUT2D eigenvalue weighted by Crippen LogP contribution is -2.02. The molecule has 0 amide bonds. The van der Waals surface area contributed by atoms with Crippen LogP contribution in [0.5, 0.6) is 0 Å². The van der Waals surface area contributed by atoms with Gasteiger partial charge in [-0.2, -0.15) is 0 Å². The zero-order chi connectivity index (χ0) is 10.7. The minimum atomic E-state index is -0.795. The van der Waals surface area contributed by atoms with Crippen molar-refractivity contribution >= 4 is 33.5 Å². The lowest BCUT2D eigenvalue weighted by molar-refractivity contribution is -0.137. The van der Waals surface area contributed by atoms with Gasteiger partial charge in [-0.25, -0.2) is 0 Å². The summed E-state index contributed by atoms with van der Waals surface area (Å²) in [6, 6.07) is 5.50. The van der Waals surface area contributed by atoms with E-state index in [0.717, 1.165) is 10.0 Å². The number of rotatable bonds is 3. The molecule has 1 aromatic carbocycles. The van der Waals surface area contributed by atoms with Crippen molar-refractivity contribution in [3.05, 3.63) is 33.3 Å². The highest BCUT2D eigenvalue weighted by Crippen LogP contribution is 2.27. The van der Waals surface area contributed by atoms with Crippen LogP contribution in [0.4, 0.5) is 0 Å². The van der Waals surface area contributed by atoms with Gasteiger partial charge in [-0.15, -0.1) is 0 Å². The average Bonchev–Trinajstić information content (AvgIpc) is 2.08. The first-order valence-electron chi connectivity index (χ1n) is 4.17. The molecule has 1 unspecified atom stereocenters. The highest BCUT2D eigenvalue weighted by Gasteiger charge is 2.11. The molecule has 0 aliphatic heterocycles. The highest BCUT2D eigenvalue weighted by molar-refractivity contribution is 9.10. The van der Waals surface area contributed by atoms with E-state index in [1.54, 1.807) is 6.07 Å². The Morgan fingerprint density at radius 1 is 1.64 bits per heavy atom. The van der Waals surface area contributed by atoms with Crippen LogP contribution >= 0.6 is 27.5 Å². The topological polar surface area (TPSA) is 37.3 Å². The Balaban J connectivity index is 2.85. The van der Waals surface area contributed by atoms with Gasteiger partial charge in [0.2, 0.25) is 0 Å². The summed E-state index contributed by atoms with van der Waals surface area (Å²) in [5, 5.41) is 9.24. The molecule has 0 saturated heterocycles. The maximum atomic E-state index is 10.5. The first-order chi connectivity index (χ1) is 6.50. The summed E-state index contributed by atoms with van der Waals surface area (Å²) in [7, 11) is 0. The van der Waals surface area contributed by atoms with Crippen LogP contribution in [-0.4, -0.2) is 11.1 Å². The Bertz CT molecular complexity index is 352. The van der Waals surface area contributed by atoms with E-state index in [0.29, 0.717) is 5.02 Å². The summed E-state index contributed by atoms with van der Waals surface area (Å²) in [6.07, 6.45) is 0.123. The van der Waals surface area contributed by atoms with Gasteiger partial charge in [0.05, 0.1) is 11.4 Å². The van der Waals surface area contributed by atoms with Crippen molar-refractivity contribution in [3.63, 3.8) is 0 Å². The van der Waals surface area contributed by atoms with Crippen LogP contribution in [0.15, 0.2) is 22.7 Å². The molecule has 0 radical (unpaired) electrons. The molecule has 76 valence electrons. The third kappa shape index (κ3) is 3.00. The molecule has 0 aliphatic rings. The second kappa shape index (κ2) is 4.80. The zero-order valence-corrected chi connectivity index (χ0v) is 9.97. The second-order valence-electron chi connectivity index (χ2n) is 3.17. The molecule has 1 atom stereocenters. The molecule has 0 bridgehead atoms. The Kier molecular flexibility index (Phi) is 3.96. The van der Waals surface area contributed by atoms with Gasteiger partial charge in [0.1, 0.15) is 0 Å². The van der Waals surface area contributed by atoms with Crippen molar-refractivity contribution in [1.29, 1.82) is 0 Å². The molecule has 1 aromatic rings. The fourth-order valence-electron chi connectivity index (χ4n) is 1.20. The fraction of sp³-hybridized carbons (Fsp3) is 0.300. The number of carbonyl (C=O) groups is 1. The van der Waals surface area contributed by atoms with Crippen LogP contribution in [0.3, 0.4) is 0 Å². The van der Waals surface area contributed by atoms with Crippen molar-refractivity contribution < 1.29 is 9.90 Å². The normalized spacial score (nSPS) is 12.5. The van der Waals surface area contributed by atoms with Gasteiger partial charge in [0.25, 0.3) is 0 Å². The molecule has 14 heavy (non-hydrogen) atoms. The third-order valence-electron chi connectivity index (χ3n) is 1.99. The van der Waals surface area contributed by atoms with Gasteiger partial charge in [0, 0.05) is 4.47 Å². The largest absolute Gasteiger partial charge is 0.481 e. The van der Waals surface area contributed by atoms with E-state index in [4.69, 9.17) is 16.7 Å². The van der Waals surface area contributed by atoms with Gasteiger partial charge in [-0.1, -0.05) is 24.6 Å². The SMILES string of the molecule is CC(CC(=O)O)c1ccc(Br)c(Cl)c1. The monoisotopic (exact) mass is 276 g/mol. The molecule has 0 fully saturated rings. The minimum Gasteiger partial charge on any atom is -0.481 e. The average molecular weight is 278 g/mol. The lowest BCUT2D eigenvalue weighted by atomic mass is 9.98. The number of carboxylic acid groups (broad SMARTS) is 1. The van der Waals surface area contributed by atoms with Crippen molar-refractivity contribution in [2.24, 2.45) is 0 Å². The van der Waals surface area contributed by atoms with Gasteiger partial charge in [0.15, 0.2) is 0 Å². The Hall–Kier alpha value is -0.540. The maximum Gasteiger partial charge on any atom is 0.303 e. The summed E-state index contributed by atoms with van der Waals surface area (Å²) in [6.45, 7) is 1.87. The molecule has 1 rings (SSSR count). The summed E-state index contributed by atoms with van der Waals surface area (Å²) < 4.78 is 0.824. The van der Waals surface area contributed by atoms with E-state index >= 15 is 0 Å². The molecule has 1 N–H and O–H groups in total. The van der Waals surface area contributed by atoms with E-state index in [9.17, 15) is 4.79 Å². The fourth-order valence-corrected chi connectivity index (χ4v) is 1.63. The van der Waals surface area contributed by atoms with Crippen LogP contribution < -0.4 is 0 Å². The molecular formula is C10H10BrClO2. The number of hydrogen-bond donors (Lipinski definition) is 1. The number of hydrogen-bond acceptors (Lipinski definition) is 1. The van der Waals surface area contributed by atoms with Gasteiger partial charge >= 0.3 is 5.97 Å². The number of carboxylic acids is 1. The van der Waals surface area contributed by atoms with E-state index in [1.165, 1.54) is 0 Å². The van der Waals surface area contributed by atoms with Gasteiger partial charge < -0.3 is 5.11 Å². The van der Waals surface area contributed by atoms with Crippen LogP contribution in [0.1, 0.15) is 24.8 Å². The van der Waals surface area contributed by atoms with Crippen molar-refractivity contribution in [1.82, 2.24) is 0 Å². The molecule has 4 heteroatoms. The molecule has 0 aromatic heterocycles. The Morgan fingerprint density at radius 2 is 2.29 bits per heavy atom. The molecule has 2 nitrogen and oxygen atoms in total. The van der Waals surface area contributed by atoms with Crippen molar-refractivity contribution in [2.75, 3.05) is 0 Å². The smallest absolute Gasteiger partial charge is 0.303 e. The van der Waals surface area contributed by atoms with Crippen molar-refractivity contribution in [3.8, 4) is 0 Å². The predicted octanol–water partition coefficient (Wildman–Crippen LogP) is 3.68. The number of halogens is 2. The summed E-state index contributed by atoms with van der Waals surface area (Å²) >= 11 is 9.18. The Labute approximate surface area is 96.0 Å².